The molecule has 1 aromatic heterocycles. The first-order valence-electron chi connectivity index (χ1n) is 6.66. The van der Waals surface area contributed by atoms with Gasteiger partial charge in [0, 0.05) is 0 Å². The number of thiocarbonyl (C=S) groups is 1. The molecule has 1 amide bonds. The van der Waals surface area contributed by atoms with Gasteiger partial charge in [0.05, 0.1) is 14.2 Å². The van der Waals surface area contributed by atoms with E-state index in [4.69, 9.17) is 31.8 Å². The lowest BCUT2D eigenvalue weighted by Crippen LogP contribution is -2.49. The van der Waals surface area contributed by atoms with E-state index in [2.05, 4.69) is 5.43 Å². The number of carbonyl (C=O) groups excluding carboxylic acids is 1. The van der Waals surface area contributed by atoms with Gasteiger partial charge < -0.3 is 19.6 Å². The number of nitrogens with two attached hydrogens (primary N) is 1. The second kappa shape index (κ2) is 7.01. The first kappa shape index (κ1) is 16.6. The molecule has 0 aliphatic heterocycles. The standard InChI is InChI=1S/C15H17N3O4S/c1-9-7-8-12(22-9)14(19)17-18(15(16)23)13-10(20-2)5-4-6-11(13)21-3/h4-8H,1-3H3,(H2,16,23)(H,17,19). The van der Waals surface area contributed by atoms with Crippen molar-refractivity contribution in [2.24, 2.45) is 5.73 Å². The molecule has 0 bridgehead atoms. The molecule has 0 spiro atoms. The third-order valence-corrected chi connectivity index (χ3v) is 3.21. The number of methoxy groups -OCH3 is 2. The van der Waals surface area contributed by atoms with Gasteiger partial charge in [-0.25, -0.2) is 5.01 Å². The van der Waals surface area contributed by atoms with Gasteiger partial charge in [-0.05, 0) is 43.4 Å². The van der Waals surface area contributed by atoms with Crippen LogP contribution >= 0.6 is 12.2 Å². The molecule has 122 valence electrons. The Morgan fingerprint density at radius 1 is 1.22 bits per heavy atom. The summed E-state index contributed by atoms with van der Waals surface area (Å²) in [4.78, 5) is 12.3. The monoisotopic (exact) mass is 335 g/mol. The topological polar surface area (TPSA) is 90.0 Å². The van der Waals surface area contributed by atoms with Crippen LogP contribution in [0.1, 0.15) is 16.3 Å². The molecule has 7 nitrogen and oxygen atoms in total. The van der Waals surface area contributed by atoms with Gasteiger partial charge in [-0.2, -0.15) is 0 Å². The van der Waals surface area contributed by atoms with Crippen LogP contribution in [0.2, 0.25) is 0 Å². The van der Waals surface area contributed by atoms with E-state index in [0.717, 1.165) is 0 Å². The van der Waals surface area contributed by atoms with Gasteiger partial charge in [0.2, 0.25) is 0 Å². The fraction of sp³-hybridized carbons (Fsp3) is 0.200. The molecule has 0 saturated carbocycles. The number of carbonyl (C=O) groups is 1. The number of ether oxygens (including phenoxy) is 2. The molecular weight excluding hydrogens is 318 g/mol. The van der Waals surface area contributed by atoms with Crippen molar-refractivity contribution in [2.75, 3.05) is 19.2 Å². The summed E-state index contributed by atoms with van der Waals surface area (Å²) < 4.78 is 15.9. The molecule has 0 saturated heterocycles. The molecule has 0 atom stereocenters. The molecule has 1 heterocycles. The smallest absolute Gasteiger partial charge is 0.305 e. The fourth-order valence-corrected chi connectivity index (χ4v) is 2.12. The molecule has 23 heavy (non-hydrogen) atoms. The number of anilines is 1. The Balaban J connectivity index is 2.40. The summed E-state index contributed by atoms with van der Waals surface area (Å²) in [5.41, 5.74) is 8.73. The predicted octanol–water partition coefficient (Wildman–Crippen LogP) is 2.00. The van der Waals surface area contributed by atoms with E-state index in [1.165, 1.54) is 19.2 Å². The maximum Gasteiger partial charge on any atom is 0.305 e. The SMILES string of the molecule is COc1cccc(OC)c1N(NC(=O)c1ccc(C)o1)C(N)=S. The Kier molecular flexibility index (Phi) is 5.07. The predicted molar refractivity (Wildman–Crippen MR) is 89.7 cm³/mol. The molecule has 0 aliphatic rings. The molecule has 0 aliphatic carbocycles. The highest BCUT2D eigenvalue weighted by Gasteiger charge is 2.23. The molecule has 2 aromatic rings. The summed E-state index contributed by atoms with van der Waals surface area (Å²) in [7, 11) is 2.99. The van der Waals surface area contributed by atoms with Crippen molar-refractivity contribution in [2.45, 2.75) is 6.92 Å². The second-order valence-electron chi connectivity index (χ2n) is 4.54. The molecule has 0 fully saturated rings. The van der Waals surface area contributed by atoms with E-state index in [0.29, 0.717) is 22.9 Å². The van der Waals surface area contributed by atoms with Crippen LogP contribution in [0.15, 0.2) is 34.7 Å². The number of hydrogen-bond donors (Lipinski definition) is 2. The zero-order chi connectivity index (χ0) is 17.0. The minimum atomic E-state index is -0.501. The minimum absolute atomic E-state index is 0.0792. The lowest BCUT2D eigenvalue weighted by molar-refractivity contribution is 0.0926. The van der Waals surface area contributed by atoms with Crippen LogP contribution in [0.3, 0.4) is 0 Å². The van der Waals surface area contributed by atoms with Crippen LogP contribution < -0.4 is 25.6 Å². The van der Waals surface area contributed by atoms with Crippen molar-refractivity contribution in [3.8, 4) is 11.5 Å². The lowest BCUT2D eigenvalue weighted by atomic mass is 10.2. The maximum atomic E-state index is 12.3. The molecule has 0 unspecified atom stereocenters. The number of nitrogens with one attached hydrogen (secondary N) is 1. The van der Waals surface area contributed by atoms with Crippen molar-refractivity contribution in [3.05, 3.63) is 41.9 Å². The van der Waals surface area contributed by atoms with Crippen LogP contribution in [-0.4, -0.2) is 25.2 Å². The number of aryl methyl sites for hydroxylation is 1. The third-order valence-electron chi connectivity index (χ3n) is 3.02. The quantitative estimate of drug-likeness (QED) is 0.652. The first-order chi connectivity index (χ1) is 11.0. The lowest BCUT2D eigenvalue weighted by Gasteiger charge is -2.26. The van der Waals surface area contributed by atoms with Crippen LogP contribution in [0.4, 0.5) is 5.69 Å². The summed E-state index contributed by atoms with van der Waals surface area (Å²) in [6.07, 6.45) is 0. The highest BCUT2D eigenvalue weighted by atomic mass is 32.1. The molecule has 2 rings (SSSR count). The van der Waals surface area contributed by atoms with E-state index < -0.39 is 5.91 Å². The summed E-state index contributed by atoms with van der Waals surface area (Å²) in [6.45, 7) is 1.74. The highest BCUT2D eigenvalue weighted by Crippen LogP contribution is 2.36. The van der Waals surface area contributed by atoms with E-state index in [9.17, 15) is 4.79 Å². The van der Waals surface area contributed by atoms with Crippen molar-refractivity contribution in [3.63, 3.8) is 0 Å². The van der Waals surface area contributed by atoms with Crippen LogP contribution in [0.5, 0.6) is 11.5 Å². The van der Waals surface area contributed by atoms with E-state index >= 15 is 0 Å². The number of hydrazine groups is 1. The minimum Gasteiger partial charge on any atom is -0.494 e. The van der Waals surface area contributed by atoms with Crippen molar-refractivity contribution >= 4 is 28.9 Å². The van der Waals surface area contributed by atoms with Gasteiger partial charge in [-0.3, -0.25) is 10.2 Å². The van der Waals surface area contributed by atoms with E-state index in [-0.39, 0.29) is 10.9 Å². The van der Waals surface area contributed by atoms with Crippen LogP contribution in [-0.2, 0) is 0 Å². The number of para-hydroxylation sites is 1. The molecule has 0 radical (unpaired) electrons. The van der Waals surface area contributed by atoms with E-state index in [1.807, 2.05) is 0 Å². The summed E-state index contributed by atoms with van der Waals surface area (Å²) in [6, 6.07) is 8.39. The van der Waals surface area contributed by atoms with Crippen molar-refractivity contribution < 1.29 is 18.7 Å². The van der Waals surface area contributed by atoms with Gasteiger partial charge in [-0.15, -0.1) is 0 Å². The third kappa shape index (κ3) is 3.54. The largest absolute Gasteiger partial charge is 0.494 e. The van der Waals surface area contributed by atoms with Crippen LogP contribution in [0, 0.1) is 6.92 Å². The Morgan fingerprint density at radius 2 is 1.83 bits per heavy atom. The normalized spacial score (nSPS) is 10.0. The van der Waals surface area contributed by atoms with Gasteiger partial charge in [0.1, 0.15) is 22.9 Å². The number of hydrogen-bond acceptors (Lipinski definition) is 5. The molecule has 1 aromatic carbocycles. The number of furan rings is 1. The number of amides is 1. The zero-order valence-corrected chi connectivity index (χ0v) is 13.8. The maximum absolute atomic E-state index is 12.3. The zero-order valence-electron chi connectivity index (χ0n) is 13.0. The Hall–Kier alpha value is -2.74. The Labute approximate surface area is 138 Å². The molecular formula is C15H17N3O4S. The molecule has 8 heteroatoms. The summed E-state index contributed by atoms with van der Waals surface area (Å²) in [5.74, 6) is 1.13. The summed E-state index contributed by atoms with van der Waals surface area (Å²) >= 11 is 5.03. The second-order valence-corrected chi connectivity index (χ2v) is 4.95. The van der Waals surface area contributed by atoms with Gasteiger partial charge in [0.15, 0.2) is 10.9 Å². The first-order valence-corrected chi connectivity index (χ1v) is 7.06. The number of rotatable bonds is 4. The average Bonchev–Trinajstić information content (AvgIpc) is 2.98. The van der Waals surface area contributed by atoms with Crippen molar-refractivity contribution in [1.82, 2.24) is 5.43 Å². The highest BCUT2D eigenvalue weighted by molar-refractivity contribution is 7.80. The van der Waals surface area contributed by atoms with Crippen molar-refractivity contribution in [1.29, 1.82) is 0 Å². The molecule has 3 N–H and O–H groups in total. The summed E-state index contributed by atoms with van der Waals surface area (Å²) in [5, 5.41) is 1.14. The number of nitrogens with zero attached hydrogens (tertiary/aromatic N) is 1. The fourth-order valence-electron chi connectivity index (χ4n) is 1.99. The van der Waals surface area contributed by atoms with Gasteiger partial charge in [-0.1, -0.05) is 6.07 Å². The van der Waals surface area contributed by atoms with Crippen LogP contribution in [0.25, 0.3) is 0 Å². The Bertz CT molecular complexity index is 707. The Morgan fingerprint density at radius 3 is 2.26 bits per heavy atom. The average molecular weight is 335 g/mol. The van der Waals surface area contributed by atoms with Gasteiger partial charge >= 0.3 is 5.91 Å². The number of benzene rings is 1. The van der Waals surface area contributed by atoms with E-state index in [1.54, 1.807) is 37.3 Å². The van der Waals surface area contributed by atoms with Gasteiger partial charge in [0.25, 0.3) is 0 Å².